The molecule has 0 saturated carbocycles. The minimum Gasteiger partial charge on any atom is -0.382 e. The number of hydrogen-bond donors (Lipinski definition) is 1. The van der Waals surface area contributed by atoms with Crippen LogP contribution in [0.4, 0.5) is 5.82 Å². The van der Waals surface area contributed by atoms with Gasteiger partial charge in [-0.25, -0.2) is 4.98 Å². The van der Waals surface area contributed by atoms with Crippen LogP contribution in [0.5, 0.6) is 0 Å². The van der Waals surface area contributed by atoms with Crippen LogP contribution in [0.25, 0.3) is 11.3 Å². The monoisotopic (exact) mass is 189 g/mol. The minimum atomic E-state index is 0.554. The highest BCUT2D eigenvalue weighted by Gasteiger charge is 2.09. The Hall–Kier alpha value is -2.18. The highest BCUT2D eigenvalue weighted by Crippen LogP contribution is 2.13. The van der Waals surface area contributed by atoms with Gasteiger partial charge in [0.1, 0.15) is 5.82 Å². The smallest absolute Gasteiger partial charge is 0.198 e. The molecule has 0 radical (unpaired) electrons. The summed E-state index contributed by atoms with van der Waals surface area (Å²) in [5.74, 6) is 0.554. The van der Waals surface area contributed by atoms with Crippen LogP contribution in [-0.4, -0.2) is 29.7 Å². The lowest BCUT2D eigenvalue weighted by atomic mass is 10.5. The average Bonchev–Trinajstić information content (AvgIpc) is 2.72. The fourth-order valence-electron chi connectivity index (χ4n) is 1.44. The third kappa shape index (κ3) is 0.709. The second kappa shape index (κ2) is 2.19. The third-order valence-electron chi connectivity index (χ3n) is 2.15. The van der Waals surface area contributed by atoms with E-state index in [0.29, 0.717) is 11.5 Å². The normalized spacial score (nSPS) is 11.5. The van der Waals surface area contributed by atoms with Gasteiger partial charge < -0.3 is 5.73 Å². The van der Waals surface area contributed by atoms with Crippen molar-refractivity contribution >= 4 is 17.1 Å². The molecule has 0 fully saturated rings. The fourth-order valence-corrected chi connectivity index (χ4v) is 1.44. The van der Waals surface area contributed by atoms with Gasteiger partial charge in [-0.05, 0) is 29.5 Å². The van der Waals surface area contributed by atoms with Gasteiger partial charge in [0, 0.05) is 0 Å². The molecule has 0 saturated heterocycles. The molecule has 0 bridgehead atoms. The molecule has 0 aliphatic heterocycles. The summed E-state index contributed by atoms with van der Waals surface area (Å²) in [5, 5.41) is 11.2. The molecule has 3 rings (SSSR count). The van der Waals surface area contributed by atoms with Crippen molar-refractivity contribution in [2.45, 2.75) is 6.92 Å². The molecule has 7 nitrogen and oxygen atoms in total. The van der Waals surface area contributed by atoms with Crippen LogP contribution in [0.2, 0.25) is 0 Å². The quantitative estimate of drug-likeness (QED) is 0.523. The average molecular weight is 189 g/mol. The maximum absolute atomic E-state index is 5.85. The summed E-state index contributed by atoms with van der Waals surface area (Å²) in [6.07, 6.45) is 0. The first-order valence-corrected chi connectivity index (χ1v) is 4.09. The molecular formula is C7H7N7. The van der Waals surface area contributed by atoms with E-state index < -0.39 is 0 Å². The molecule has 0 aromatic carbocycles. The van der Waals surface area contributed by atoms with Gasteiger partial charge in [-0.15, -0.1) is 9.73 Å². The molecule has 0 aliphatic rings. The van der Waals surface area contributed by atoms with Crippen molar-refractivity contribution < 1.29 is 0 Å². The van der Waals surface area contributed by atoms with E-state index in [1.54, 1.807) is 10.6 Å². The Kier molecular flexibility index (Phi) is 1.13. The summed E-state index contributed by atoms with van der Waals surface area (Å²) >= 11 is 0. The molecule has 14 heavy (non-hydrogen) atoms. The molecule has 0 unspecified atom stereocenters. The molecule has 0 amide bonds. The molecule has 70 valence electrons. The first kappa shape index (κ1) is 7.25. The number of nitrogens with two attached hydrogens (primary N) is 1. The number of aryl methyl sites for hydroxylation is 1. The number of nitrogen functional groups attached to an aromatic ring is 1. The van der Waals surface area contributed by atoms with Gasteiger partial charge in [-0.1, -0.05) is 0 Å². The maximum atomic E-state index is 5.85. The SMILES string of the molecule is Cc1nc2ccc3nnnn3n2c1N. The summed E-state index contributed by atoms with van der Waals surface area (Å²) in [5.41, 5.74) is 8.00. The van der Waals surface area contributed by atoms with Gasteiger partial charge in [0.2, 0.25) is 0 Å². The Bertz CT molecular complexity index is 619. The van der Waals surface area contributed by atoms with Crippen LogP contribution < -0.4 is 5.73 Å². The predicted molar refractivity (Wildman–Crippen MR) is 48.7 cm³/mol. The largest absolute Gasteiger partial charge is 0.382 e. The number of rotatable bonds is 0. The molecule has 0 spiro atoms. The van der Waals surface area contributed by atoms with Crippen molar-refractivity contribution in [2.24, 2.45) is 0 Å². The number of nitrogens with zero attached hydrogens (tertiary/aromatic N) is 6. The van der Waals surface area contributed by atoms with E-state index in [2.05, 4.69) is 20.5 Å². The van der Waals surface area contributed by atoms with Gasteiger partial charge in [-0.3, -0.25) is 0 Å². The van der Waals surface area contributed by atoms with Crippen molar-refractivity contribution in [3.8, 4) is 0 Å². The lowest BCUT2D eigenvalue weighted by Crippen LogP contribution is -2.05. The Morgan fingerprint density at radius 1 is 1.29 bits per heavy atom. The zero-order chi connectivity index (χ0) is 9.71. The standard InChI is InChI=1S/C7H7N7/c1-4-7(8)13-5(9-4)2-3-6-10-11-12-14(6)13/h2-3H,8H2,1H3. The predicted octanol–water partition coefficient (Wildman–Crippen LogP) is -0.337. The van der Waals surface area contributed by atoms with E-state index in [-0.39, 0.29) is 0 Å². The van der Waals surface area contributed by atoms with Crippen molar-refractivity contribution in [3.63, 3.8) is 0 Å². The molecule has 3 heterocycles. The first-order chi connectivity index (χ1) is 6.77. The van der Waals surface area contributed by atoms with Gasteiger partial charge in [0.15, 0.2) is 11.3 Å². The zero-order valence-electron chi connectivity index (χ0n) is 7.42. The molecule has 0 atom stereocenters. The van der Waals surface area contributed by atoms with E-state index in [1.165, 1.54) is 4.63 Å². The number of imidazole rings is 1. The topological polar surface area (TPSA) is 86.4 Å². The third-order valence-corrected chi connectivity index (χ3v) is 2.15. The number of tetrazole rings is 1. The van der Waals surface area contributed by atoms with E-state index >= 15 is 0 Å². The molecule has 3 aromatic rings. The second-order valence-corrected chi connectivity index (χ2v) is 3.01. The summed E-state index contributed by atoms with van der Waals surface area (Å²) in [7, 11) is 0. The van der Waals surface area contributed by atoms with Gasteiger partial charge >= 0.3 is 0 Å². The number of hydrogen-bond acceptors (Lipinski definition) is 5. The van der Waals surface area contributed by atoms with Crippen LogP contribution in [0.3, 0.4) is 0 Å². The summed E-state index contributed by atoms with van der Waals surface area (Å²) in [4.78, 5) is 4.26. The molecular weight excluding hydrogens is 182 g/mol. The highest BCUT2D eigenvalue weighted by atomic mass is 15.6. The fraction of sp³-hybridized carbons (Fsp3) is 0.143. The van der Waals surface area contributed by atoms with Crippen molar-refractivity contribution in [1.29, 1.82) is 0 Å². The highest BCUT2D eigenvalue weighted by molar-refractivity contribution is 5.54. The van der Waals surface area contributed by atoms with E-state index in [9.17, 15) is 0 Å². The summed E-state index contributed by atoms with van der Waals surface area (Å²) in [6.45, 7) is 1.85. The lowest BCUT2D eigenvalue weighted by Gasteiger charge is -1.97. The van der Waals surface area contributed by atoms with Crippen LogP contribution in [0.1, 0.15) is 5.69 Å². The van der Waals surface area contributed by atoms with Crippen LogP contribution in [-0.2, 0) is 0 Å². The Morgan fingerprint density at radius 2 is 2.07 bits per heavy atom. The molecule has 3 aromatic heterocycles. The van der Waals surface area contributed by atoms with Gasteiger partial charge in [0.25, 0.3) is 0 Å². The molecule has 7 heteroatoms. The maximum Gasteiger partial charge on any atom is 0.198 e. The first-order valence-electron chi connectivity index (χ1n) is 4.09. The van der Waals surface area contributed by atoms with Crippen molar-refractivity contribution in [2.75, 3.05) is 5.73 Å². The Balaban J connectivity index is 2.66. The number of aromatic nitrogens is 6. The Morgan fingerprint density at radius 3 is 2.93 bits per heavy atom. The van der Waals surface area contributed by atoms with E-state index in [4.69, 9.17) is 5.73 Å². The minimum absolute atomic E-state index is 0.554. The van der Waals surface area contributed by atoms with E-state index in [0.717, 1.165) is 11.3 Å². The molecule has 2 N–H and O–H groups in total. The number of anilines is 1. The van der Waals surface area contributed by atoms with Crippen LogP contribution >= 0.6 is 0 Å². The van der Waals surface area contributed by atoms with Gasteiger partial charge in [-0.2, -0.15) is 4.52 Å². The summed E-state index contributed by atoms with van der Waals surface area (Å²) in [6, 6.07) is 3.62. The van der Waals surface area contributed by atoms with Crippen LogP contribution in [0, 0.1) is 6.92 Å². The second-order valence-electron chi connectivity index (χ2n) is 3.01. The van der Waals surface area contributed by atoms with Gasteiger partial charge in [0.05, 0.1) is 5.69 Å². The zero-order valence-corrected chi connectivity index (χ0v) is 7.42. The number of fused-ring (bicyclic) bond motifs is 3. The van der Waals surface area contributed by atoms with Crippen molar-refractivity contribution in [1.82, 2.24) is 29.7 Å². The lowest BCUT2D eigenvalue weighted by molar-refractivity contribution is 0.698. The molecule has 0 aliphatic carbocycles. The Labute approximate surface area is 78.1 Å². The van der Waals surface area contributed by atoms with Crippen molar-refractivity contribution in [3.05, 3.63) is 17.8 Å². The van der Waals surface area contributed by atoms with Crippen LogP contribution in [0.15, 0.2) is 12.1 Å². The summed E-state index contributed by atoms with van der Waals surface area (Å²) < 4.78 is 3.19. The van der Waals surface area contributed by atoms with E-state index in [1.807, 2.05) is 13.0 Å².